The average molecular weight is 795 g/mol. The number of hydrogen-bond acceptors (Lipinski definition) is 14. The van der Waals surface area contributed by atoms with Crippen molar-refractivity contribution in [1.29, 1.82) is 0 Å². The van der Waals surface area contributed by atoms with Crippen molar-refractivity contribution < 1.29 is 62.7 Å². The molecule has 1 atom stereocenters. The molecule has 1 saturated heterocycles. The van der Waals surface area contributed by atoms with Crippen LogP contribution in [0.5, 0.6) is 0 Å². The van der Waals surface area contributed by atoms with Gasteiger partial charge in [-0.05, 0) is 0 Å². The van der Waals surface area contributed by atoms with Gasteiger partial charge in [-0.25, -0.2) is 9.59 Å². The van der Waals surface area contributed by atoms with Crippen LogP contribution in [0.2, 0.25) is 0 Å². The first kappa shape index (κ1) is 79.8. The third-order valence-electron chi connectivity index (χ3n) is 3.83. The van der Waals surface area contributed by atoms with E-state index in [0.717, 1.165) is 26.0 Å². The SMILES string of the molecule is C.C1OCC2CON=C12.C=CCO.C=CCOC/C=N/O.C=CCOCC(=O)OC.C=CCOCC=O.COC(=O)C=[N+]=[N-].[B].[B]B([B])[B].[B][B].[B][B]B([B])[B].[B][B][B]. The number of carbonyl (C=O) groups is 3. The number of esters is 2. The number of ether oxygens (including phenoxy) is 6. The standard InChI is InChI=1S/C6H10O3.C5H7NO2.C5H9NO2.C5H8O2.C3H4N2O2.C3H6O.CH4.B5.B4.B3.B2.B/c1-3-4-9-5-6(7)8-2;1-4-2-8-6-5(4)3-7-1;1-2-4-8-5-3-6-7;1-2-4-7-5-3-6;1-7-3(6)2-5-4;1-2-3-4;;1-4-5(2)3;1-4(2)3;1-3-2;1-2;/h3H,1,4-5H2,2H3;4H,1-3H2;2-3,7H,1,4-5H2;2-3H,1,4-5H2;2H,1H3;2,4H,1,3H2;1H4;;;;;/b;;6-3+;;;;;;;;;. The van der Waals surface area contributed by atoms with Gasteiger partial charge in [0.2, 0.25) is 0 Å². The Morgan fingerprint density at radius 2 is 1.37 bits per heavy atom. The van der Waals surface area contributed by atoms with Crippen LogP contribution in [0.1, 0.15) is 7.43 Å². The molecule has 1 unspecified atom stereocenters. The molecule has 2 N–H and O–H groups in total. The third-order valence-corrected chi connectivity index (χ3v) is 3.83. The zero-order valence-corrected chi connectivity index (χ0v) is 33.4. The van der Waals surface area contributed by atoms with Gasteiger partial charge in [0.15, 0.2) is 0 Å². The zero-order valence-electron chi connectivity index (χ0n) is 33.4. The lowest BCUT2D eigenvalue weighted by atomic mass is 8.97. The number of nitrogens with zero attached hydrogens (tertiary/aromatic N) is 4. The van der Waals surface area contributed by atoms with Crippen LogP contribution >= 0.6 is 0 Å². The molecule has 25 radical (unpaired) electrons. The van der Waals surface area contributed by atoms with Crippen LogP contribution in [0.4, 0.5) is 0 Å². The summed E-state index contributed by atoms with van der Waals surface area (Å²) in [6, 6.07) is 0. The second-order valence-corrected chi connectivity index (χ2v) is 8.37. The predicted octanol–water partition coefficient (Wildman–Crippen LogP) is -4.03. The lowest BCUT2D eigenvalue weighted by molar-refractivity contribution is -0.145. The number of carbonyl (C=O) groups excluding carboxylic acids is 3. The Morgan fingerprint density at radius 3 is 1.68 bits per heavy atom. The van der Waals surface area contributed by atoms with E-state index in [-0.39, 0.29) is 41.6 Å². The summed E-state index contributed by atoms with van der Waals surface area (Å²) in [5, 5.41) is 22.1. The fraction of sp³-hybridized carbons (Fsp3) is 0.500. The van der Waals surface area contributed by atoms with E-state index < -0.39 is 18.7 Å². The molecule has 0 amide bonds. The molecule has 297 valence electrons. The van der Waals surface area contributed by atoms with Crippen molar-refractivity contribution in [2.24, 2.45) is 16.2 Å². The maximum atomic E-state index is 10.3. The quantitative estimate of drug-likeness (QED) is 0.0155. The number of aliphatic hydroxyl groups excluding tert-OH is 1. The molecule has 0 spiro atoms. The Bertz CT molecular complexity index is 1000. The second kappa shape index (κ2) is 82.6. The minimum atomic E-state index is -0.667. The lowest BCUT2D eigenvalue weighted by Crippen LogP contribution is -2.23. The Morgan fingerprint density at radius 1 is 0.932 bits per heavy atom. The monoisotopic (exact) mass is 797 g/mol. The van der Waals surface area contributed by atoms with Crippen LogP contribution in [0.15, 0.2) is 60.9 Å². The van der Waals surface area contributed by atoms with Crippen molar-refractivity contribution in [3.63, 3.8) is 0 Å². The number of fused-ring (bicyclic) bond motifs is 1. The molecule has 16 nitrogen and oxygen atoms in total. The van der Waals surface area contributed by atoms with Crippen LogP contribution in [0.25, 0.3) is 5.53 Å². The summed E-state index contributed by atoms with van der Waals surface area (Å²) < 4.78 is 27.6. The van der Waals surface area contributed by atoms with Gasteiger partial charge in [-0.1, -0.05) is 42.0 Å². The summed E-state index contributed by atoms with van der Waals surface area (Å²) in [6.45, 7) is 17.6. The molecule has 1 fully saturated rings. The molecule has 2 aliphatic heterocycles. The van der Waals surface area contributed by atoms with E-state index in [4.69, 9.17) is 58.1 Å². The fourth-order valence-electron chi connectivity index (χ4n) is 1.80. The highest BCUT2D eigenvalue weighted by Crippen LogP contribution is 2.16. The number of aliphatic hydroxyl groups is 1. The molecule has 2 aliphatic rings. The molecule has 0 aliphatic carbocycles. The molecule has 0 saturated carbocycles. The molecular weight excluding hydrogens is 747 g/mol. The van der Waals surface area contributed by atoms with E-state index in [1.165, 1.54) is 33.6 Å². The van der Waals surface area contributed by atoms with Crippen molar-refractivity contribution >= 4 is 149 Å². The van der Waals surface area contributed by atoms with E-state index in [9.17, 15) is 14.4 Å². The summed E-state index contributed by atoms with van der Waals surface area (Å²) in [4.78, 5) is 36.9. The van der Waals surface area contributed by atoms with Gasteiger partial charge in [0.05, 0.1) is 78.3 Å². The van der Waals surface area contributed by atoms with Gasteiger partial charge in [0.1, 0.15) is 26.1 Å². The van der Waals surface area contributed by atoms with Crippen molar-refractivity contribution in [1.82, 2.24) is 0 Å². The van der Waals surface area contributed by atoms with E-state index in [0.29, 0.717) is 51.5 Å². The second-order valence-electron chi connectivity index (χ2n) is 8.37. The van der Waals surface area contributed by atoms with Gasteiger partial charge < -0.3 is 53.9 Å². The lowest BCUT2D eigenvalue weighted by Gasteiger charge is -1.96. The van der Waals surface area contributed by atoms with Gasteiger partial charge in [-0.15, -0.1) is 26.3 Å². The summed E-state index contributed by atoms with van der Waals surface area (Å²) in [5.41, 5.74) is 8.72. The maximum Gasteiger partial charge on any atom is 0.413 e. The van der Waals surface area contributed by atoms with Crippen molar-refractivity contribution in [3.8, 4) is 0 Å². The molecule has 2 rings (SSSR count). The highest BCUT2D eigenvalue weighted by atomic mass is 16.6. The Labute approximate surface area is 370 Å². The van der Waals surface area contributed by atoms with Crippen LogP contribution in [0, 0.1) is 5.92 Å². The van der Waals surface area contributed by atoms with E-state index in [2.05, 4.69) is 110 Å². The Hall–Kier alpha value is -3.34. The minimum Gasteiger partial charge on any atom is -0.467 e. The van der Waals surface area contributed by atoms with Gasteiger partial charge in [0.25, 0.3) is 0 Å². The molecule has 0 aromatic carbocycles. The normalized spacial score (nSPS) is 10.6. The highest BCUT2D eigenvalue weighted by molar-refractivity contribution is 7.60. The Kier molecular flexibility index (Phi) is 112. The van der Waals surface area contributed by atoms with Crippen molar-refractivity contribution in [2.45, 2.75) is 7.43 Å². The summed E-state index contributed by atoms with van der Waals surface area (Å²) in [7, 11) is 50.3. The van der Waals surface area contributed by atoms with Crippen LogP contribution in [0.3, 0.4) is 0 Å². The first-order valence-electron chi connectivity index (χ1n) is 15.6. The average Bonchev–Trinajstić information content (AvgIpc) is 3.86. The summed E-state index contributed by atoms with van der Waals surface area (Å²) in [6.07, 6.45) is 7.75. The molecule has 0 aromatic heterocycles. The summed E-state index contributed by atoms with van der Waals surface area (Å²) in [5.74, 6) is -0.547. The summed E-state index contributed by atoms with van der Waals surface area (Å²) >= 11 is 0. The largest absolute Gasteiger partial charge is 0.467 e. The number of methoxy groups -OCH3 is 2. The van der Waals surface area contributed by atoms with Gasteiger partial charge in [-0.3, -0.25) is 0 Å². The van der Waals surface area contributed by atoms with E-state index in [1.54, 1.807) is 18.2 Å². The first-order valence-corrected chi connectivity index (χ1v) is 15.6. The van der Waals surface area contributed by atoms with E-state index >= 15 is 0 Å². The molecule has 0 bridgehead atoms. The van der Waals surface area contributed by atoms with E-state index in [1.807, 2.05) is 0 Å². The van der Waals surface area contributed by atoms with Crippen molar-refractivity contribution in [3.05, 3.63) is 56.2 Å². The van der Waals surface area contributed by atoms with Crippen molar-refractivity contribution in [2.75, 3.05) is 80.3 Å². The van der Waals surface area contributed by atoms with Gasteiger partial charge in [-0.2, -0.15) is 4.79 Å². The predicted molar refractivity (Wildman–Crippen MR) is 251 cm³/mol. The fourth-order valence-corrected chi connectivity index (χ4v) is 1.80. The number of oxime groups is 2. The zero-order chi connectivity index (χ0) is 46.0. The topological polar surface area (TPSA) is 217 Å². The molecule has 0 aromatic rings. The molecule has 31 heteroatoms. The van der Waals surface area contributed by atoms with Gasteiger partial charge >= 0.3 is 18.2 Å². The number of rotatable bonds is 15. The third kappa shape index (κ3) is 113. The Balaban J connectivity index is -0.0000000576. The van der Waals surface area contributed by atoms with Crippen LogP contribution < -0.4 is 0 Å². The number of aldehydes is 1. The number of hydrogen-bond donors (Lipinski definition) is 2. The molecule has 2 heterocycles. The maximum absolute atomic E-state index is 10.3. The molecular formula is C28H48B15N4O12. The highest BCUT2D eigenvalue weighted by Gasteiger charge is 2.28. The smallest absolute Gasteiger partial charge is 0.413 e. The van der Waals surface area contributed by atoms with Crippen LogP contribution in [-0.4, -0.2) is 244 Å². The minimum absolute atomic E-state index is 0. The first-order chi connectivity index (χ1) is 27.2. The molecule has 59 heavy (non-hydrogen) atoms. The van der Waals surface area contributed by atoms with Crippen LogP contribution in [-0.2, 0) is 47.6 Å². The van der Waals surface area contributed by atoms with Gasteiger partial charge in [0, 0.05) is 113 Å².